The molecule has 4 rings (SSSR count). The van der Waals surface area contributed by atoms with Crippen molar-refractivity contribution in [2.45, 2.75) is 25.3 Å². The maximum atomic E-state index is 12.5. The molecule has 3 heterocycles. The lowest BCUT2D eigenvalue weighted by molar-refractivity contribution is -0.133. The van der Waals surface area contributed by atoms with E-state index in [4.69, 9.17) is 4.42 Å². The van der Waals surface area contributed by atoms with Gasteiger partial charge in [0.25, 0.3) is 0 Å². The van der Waals surface area contributed by atoms with E-state index in [1.165, 1.54) is 0 Å². The topological polar surface area (TPSA) is 62.1 Å². The molecular weight excluding hydrogens is 334 g/mol. The van der Waals surface area contributed by atoms with Crippen molar-refractivity contribution in [1.29, 1.82) is 0 Å². The van der Waals surface area contributed by atoms with Gasteiger partial charge >= 0.3 is 0 Å². The third kappa shape index (κ3) is 3.35. The van der Waals surface area contributed by atoms with Crippen molar-refractivity contribution < 1.29 is 9.21 Å². The number of aromatic nitrogens is 2. The number of thioether (sulfide) groups is 1. The number of furan rings is 1. The Bertz CT molecular complexity index is 872. The Kier molecular flexibility index (Phi) is 4.36. The number of imidazole rings is 1. The summed E-state index contributed by atoms with van der Waals surface area (Å²) in [6.45, 7) is 2.39. The van der Waals surface area contributed by atoms with E-state index in [-0.39, 0.29) is 11.3 Å². The van der Waals surface area contributed by atoms with Gasteiger partial charge in [0.1, 0.15) is 22.7 Å². The Morgan fingerprint density at radius 3 is 2.88 bits per heavy atom. The molecule has 0 saturated carbocycles. The molecule has 25 heavy (non-hydrogen) atoms. The summed E-state index contributed by atoms with van der Waals surface area (Å²) in [6, 6.07) is 13.9. The second kappa shape index (κ2) is 6.80. The summed E-state index contributed by atoms with van der Waals surface area (Å²) >= 11 is 1.75. The number of nitrogens with one attached hydrogen (secondary N) is 1. The van der Waals surface area contributed by atoms with Crippen molar-refractivity contribution in [3.8, 4) is 11.4 Å². The Morgan fingerprint density at radius 1 is 1.28 bits per heavy atom. The molecular formula is C19H19N3O2S. The fraction of sp³-hybridized carbons (Fsp3) is 0.263. The van der Waals surface area contributed by atoms with Gasteiger partial charge in [-0.25, -0.2) is 4.98 Å². The normalized spacial score (nSPS) is 17.9. The molecule has 0 aliphatic carbocycles. The smallest absolute Gasteiger partial charge is 0.225 e. The molecule has 0 bridgehead atoms. The number of rotatable bonds is 4. The molecule has 128 valence electrons. The van der Waals surface area contributed by atoms with Crippen LogP contribution in [0.25, 0.3) is 11.4 Å². The molecule has 1 N–H and O–H groups in total. The van der Waals surface area contributed by atoms with Crippen LogP contribution in [0.1, 0.15) is 29.0 Å². The molecule has 6 heteroatoms. The fourth-order valence-electron chi connectivity index (χ4n) is 2.99. The van der Waals surface area contributed by atoms with Crippen LogP contribution in [-0.2, 0) is 11.3 Å². The second-order valence-electron chi connectivity index (χ2n) is 6.06. The summed E-state index contributed by atoms with van der Waals surface area (Å²) in [6.07, 6.45) is 2.39. The lowest BCUT2D eigenvalue weighted by Crippen LogP contribution is -2.36. The number of H-pyrrole nitrogens is 1. The van der Waals surface area contributed by atoms with E-state index in [0.29, 0.717) is 13.0 Å². The number of benzene rings is 1. The van der Waals surface area contributed by atoms with Crippen LogP contribution in [0, 0.1) is 6.92 Å². The Balaban J connectivity index is 1.60. The fourth-order valence-corrected chi connectivity index (χ4v) is 4.18. The first-order chi connectivity index (χ1) is 12.2. The van der Waals surface area contributed by atoms with Crippen LogP contribution in [0.2, 0.25) is 0 Å². The van der Waals surface area contributed by atoms with E-state index >= 15 is 0 Å². The zero-order chi connectivity index (χ0) is 17.2. The van der Waals surface area contributed by atoms with Crippen LogP contribution < -0.4 is 0 Å². The van der Waals surface area contributed by atoms with Gasteiger partial charge < -0.3 is 14.3 Å². The van der Waals surface area contributed by atoms with E-state index in [9.17, 15) is 4.79 Å². The van der Waals surface area contributed by atoms with Gasteiger partial charge in [-0.3, -0.25) is 4.79 Å². The van der Waals surface area contributed by atoms with Gasteiger partial charge in [0, 0.05) is 17.7 Å². The average molecular weight is 353 g/mol. The van der Waals surface area contributed by atoms with Gasteiger partial charge in [0.05, 0.1) is 18.4 Å². The van der Waals surface area contributed by atoms with Crippen LogP contribution in [0.4, 0.5) is 0 Å². The summed E-state index contributed by atoms with van der Waals surface area (Å²) in [7, 11) is 0. The molecule has 0 spiro atoms. The number of carbonyl (C=O) groups is 1. The maximum Gasteiger partial charge on any atom is 0.225 e. The summed E-state index contributed by atoms with van der Waals surface area (Å²) in [5.41, 5.74) is 1.98. The van der Waals surface area contributed by atoms with Crippen molar-refractivity contribution in [2.75, 3.05) is 5.75 Å². The van der Waals surface area contributed by atoms with Gasteiger partial charge in [-0.1, -0.05) is 30.3 Å². The number of nitrogens with zero attached hydrogens (tertiary/aromatic N) is 2. The van der Waals surface area contributed by atoms with Gasteiger partial charge in [-0.05, 0) is 19.1 Å². The highest BCUT2D eigenvalue weighted by Gasteiger charge is 2.31. The monoisotopic (exact) mass is 353 g/mol. The highest BCUT2D eigenvalue weighted by Crippen LogP contribution is 2.38. The molecule has 1 aromatic carbocycles. The van der Waals surface area contributed by atoms with Gasteiger partial charge in [0.2, 0.25) is 5.91 Å². The molecule has 1 aliphatic rings. The average Bonchev–Trinajstić information content (AvgIpc) is 3.27. The van der Waals surface area contributed by atoms with Crippen molar-refractivity contribution in [2.24, 2.45) is 0 Å². The lowest BCUT2D eigenvalue weighted by Gasteiger charge is -2.33. The highest BCUT2D eigenvalue weighted by molar-refractivity contribution is 7.99. The predicted octanol–water partition coefficient (Wildman–Crippen LogP) is 4.14. The Labute approximate surface area is 150 Å². The molecule has 1 atom stereocenters. The molecule has 1 unspecified atom stereocenters. The van der Waals surface area contributed by atoms with E-state index in [1.54, 1.807) is 11.8 Å². The first-order valence-electron chi connectivity index (χ1n) is 8.27. The summed E-state index contributed by atoms with van der Waals surface area (Å²) < 4.78 is 5.66. The lowest BCUT2D eigenvalue weighted by atomic mass is 10.2. The molecule has 3 aromatic rings. The Hall–Kier alpha value is -2.47. The highest BCUT2D eigenvalue weighted by atomic mass is 32.2. The third-order valence-electron chi connectivity index (χ3n) is 4.23. The van der Waals surface area contributed by atoms with E-state index in [0.717, 1.165) is 34.4 Å². The van der Waals surface area contributed by atoms with Crippen molar-refractivity contribution in [3.05, 3.63) is 65.9 Å². The van der Waals surface area contributed by atoms with Crippen LogP contribution >= 0.6 is 11.8 Å². The minimum Gasteiger partial charge on any atom is -0.464 e. The van der Waals surface area contributed by atoms with Gasteiger partial charge in [-0.15, -0.1) is 11.8 Å². The van der Waals surface area contributed by atoms with Crippen molar-refractivity contribution >= 4 is 17.7 Å². The van der Waals surface area contributed by atoms with E-state index in [1.807, 2.05) is 60.5 Å². The van der Waals surface area contributed by atoms with Gasteiger partial charge in [0.15, 0.2) is 0 Å². The van der Waals surface area contributed by atoms with Crippen molar-refractivity contribution in [3.63, 3.8) is 0 Å². The zero-order valence-electron chi connectivity index (χ0n) is 13.9. The van der Waals surface area contributed by atoms with Gasteiger partial charge in [-0.2, -0.15) is 0 Å². The summed E-state index contributed by atoms with van der Waals surface area (Å²) in [4.78, 5) is 22.3. The number of aryl methyl sites for hydroxylation is 1. The standard InChI is InChI=1S/C19H19N3O2S/c1-13-7-8-15(24-13)12-22-17(23)9-10-25-19(22)16-11-20-18(21-16)14-5-3-2-4-6-14/h2-8,11,19H,9-10,12H2,1H3,(H,20,21). The minimum absolute atomic E-state index is 0.0726. The summed E-state index contributed by atoms with van der Waals surface area (Å²) in [5.74, 6) is 3.45. The first-order valence-corrected chi connectivity index (χ1v) is 9.32. The van der Waals surface area contributed by atoms with Crippen LogP contribution in [-0.4, -0.2) is 26.5 Å². The van der Waals surface area contributed by atoms with Crippen LogP contribution in [0.3, 0.4) is 0 Å². The number of amides is 1. The Morgan fingerprint density at radius 2 is 2.12 bits per heavy atom. The maximum absolute atomic E-state index is 12.5. The predicted molar refractivity (Wildman–Crippen MR) is 97.8 cm³/mol. The molecule has 2 aromatic heterocycles. The first kappa shape index (κ1) is 16.0. The molecule has 0 radical (unpaired) electrons. The molecule has 1 saturated heterocycles. The quantitative estimate of drug-likeness (QED) is 0.766. The molecule has 1 amide bonds. The SMILES string of the molecule is Cc1ccc(CN2C(=O)CCSC2c2cnc(-c3ccccc3)[nH]2)o1. The van der Waals surface area contributed by atoms with Crippen LogP contribution in [0.15, 0.2) is 53.1 Å². The van der Waals surface area contributed by atoms with Crippen molar-refractivity contribution in [1.82, 2.24) is 14.9 Å². The molecule has 1 fully saturated rings. The number of hydrogen-bond donors (Lipinski definition) is 1. The molecule has 1 aliphatic heterocycles. The summed E-state index contributed by atoms with van der Waals surface area (Å²) in [5, 5.41) is -0.0726. The minimum atomic E-state index is -0.0726. The number of aromatic amines is 1. The second-order valence-corrected chi connectivity index (χ2v) is 7.25. The largest absolute Gasteiger partial charge is 0.464 e. The number of hydrogen-bond acceptors (Lipinski definition) is 4. The third-order valence-corrected chi connectivity index (χ3v) is 5.49. The zero-order valence-corrected chi connectivity index (χ0v) is 14.8. The van der Waals surface area contributed by atoms with E-state index in [2.05, 4.69) is 9.97 Å². The number of carbonyl (C=O) groups excluding carboxylic acids is 1. The van der Waals surface area contributed by atoms with E-state index < -0.39 is 0 Å². The molecule has 5 nitrogen and oxygen atoms in total. The van der Waals surface area contributed by atoms with Crippen LogP contribution in [0.5, 0.6) is 0 Å².